The summed E-state index contributed by atoms with van der Waals surface area (Å²) in [6, 6.07) is 0. The number of ether oxygens (including phenoxy) is 1. The predicted octanol–water partition coefficient (Wildman–Crippen LogP) is -2.85. The van der Waals surface area contributed by atoms with Gasteiger partial charge in [-0.2, -0.15) is 8.78 Å². The third-order valence-corrected chi connectivity index (χ3v) is 1.02. The molecule has 0 spiro atoms. The normalized spacial score (nSPS) is 9.58. The van der Waals surface area contributed by atoms with E-state index in [9.17, 15) is 18.7 Å². The molecule has 0 aliphatic carbocycles. The third kappa shape index (κ3) is 13.5. The fourth-order valence-corrected chi connectivity index (χ4v) is 0.544. The Morgan fingerprint density at radius 3 is 2.42 bits per heavy atom. The molecule has 0 aromatic rings. The summed E-state index contributed by atoms with van der Waals surface area (Å²) in [6.45, 7) is -2.87. The second-order valence-corrected chi connectivity index (χ2v) is 1.96. The van der Waals surface area contributed by atoms with E-state index < -0.39 is 12.6 Å². The van der Waals surface area contributed by atoms with Crippen LogP contribution in [0.1, 0.15) is 19.3 Å². The van der Waals surface area contributed by atoms with Crippen molar-refractivity contribution in [3.8, 4) is 0 Å². The summed E-state index contributed by atoms with van der Waals surface area (Å²) in [5.74, 6) is -1.16. The molecule has 3 nitrogen and oxygen atoms in total. The zero-order valence-electron chi connectivity index (χ0n) is 6.89. The molecular weight excluding hydrogens is 197 g/mol. The van der Waals surface area contributed by atoms with Crippen LogP contribution < -0.4 is 56.5 Å². The molecule has 0 aromatic carbocycles. The van der Waals surface area contributed by atoms with Crippen molar-refractivity contribution in [3.05, 3.63) is 0 Å². The molecular formula is C6H9F2KO3. The zero-order chi connectivity index (χ0) is 8.69. The van der Waals surface area contributed by atoms with Crippen molar-refractivity contribution in [2.75, 3.05) is 6.61 Å². The first-order valence-electron chi connectivity index (χ1n) is 3.22. The Hall–Kier alpha value is 0.926. The molecule has 0 atom stereocenters. The molecule has 0 bridgehead atoms. The maximum Gasteiger partial charge on any atom is 1.00 e. The van der Waals surface area contributed by atoms with Crippen molar-refractivity contribution in [3.63, 3.8) is 0 Å². The van der Waals surface area contributed by atoms with E-state index in [2.05, 4.69) is 4.74 Å². The number of unbranched alkanes of at least 4 members (excludes halogenated alkanes) is 1. The predicted molar refractivity (Wildman–Crippen MR) is 30.8 cm³/mol. The molecule has 0 aliphatic rings. The van der Waals surface area contributed by atoms with Gasteiger partial charge in [-0.15, -0.1) is 0 Å². The van der Waals surface area contributed by atoms with Gasteiger partial charge in [-0.25, -0.2) is 0 Å². The van der Waals surface area contributed by atoms with Gasteiger partial charge < -0.3 is 14.6 Å². The van der Waals surface area contributed by atoms with Crippen molar-refractivity contribution in [1.29, 1.82) is 0 Å². The van der Waals surface area contributed by atoms with Gasteiger partial charge in [0.1, 0.15) is 0 Å². The molecule has 0 amide bonds. The van der Waals surface area contributed by atoms with Crippen LogP contribution in [0.25, 0.3) is 0 Å². The van der Waals surface area contributed by atoms with E-state index in [1.54, 1.807) is 0 Å². The summed E-state index contributed by atoms with van der Waals surface area (Å²) in [4.78, 5) is 9.80. The Morgan fingerprint density at radius 2 is 2.00 bits per heavy atom. The van der Waals surface area contributed by atoms with Crippen LogP contribution in [0.15, 0.2) is 0 Å². The standard InChI is InChI=1S/C6H10F2O3.K/c7-6(8)11-4-2-1-3-5(9)10;/h6H,1-4H2,(H,9,10);/q;+1/p-1. The van der Waals surface area contributed by atoms with Gasteiger partial charge in [0.2, 0.25) is 0 Å². The van der Waals surface area contributed by atoms with Gasteiger partial charge in [0, 0.05) is 5.97 Å². The molecule has 0 radical (unpaired) electrons. The van der Waals surface area contributed by atoms with Gasteiger partial charge in [-0.3, -0.25) is 0 Å². The van der Waals surface area contributed by atoms with E-state index in [4.69, 9.17) is 0 Å². The van der Waals surface area contributed by atoms with Crippen LogP contribution in [-0.4, -0.2) is 19.2 Å². The van der Waals surface area contributed by atoms with Crippen molar-refractivity contribution >= 4 is 5.97 Å². The van der Waals surface area contributed by atoms with Crippen LogP contribution >= 0.6 is 0 Å². The van der Waals surface area contributed by atoms with E-state index in [0.717, 1.165) is 0 Å². The topological polar surface area (TPSA) is 49.4 Å². The molecule has 0 N–H and O–H groups in total. The van der Waals surface area contributed by atoms with Crippen molar-refractivity contribution in [1.82, 2.24) is 0 Å². The smallest absolute Gasteiger partial charge is 0.550 e. The van der Waals surface area contributed by atoms with Crippen LogP contribution in [0.4, 0.5) is 8.78 Å². The van der Waals surface area contributed by atoms with Crippen LogP contribution in [0.2, 0.25) is 0 Å². The van der Waals surface area contributed by atoms with Gasteiger partial charge in [-0.1, -0.05) is 0 Å². The molecule has 66 valence electrons. The Labute approximate surface area is 112 Å². The number of halogens is 2. The monoisotopic (exact) mass is 206 g/mol. The van der Waals surface area contributed by atoms with Crippen LogP contribution in [0.5, 0.6) is 0 Å². The average molecular weight is 206 g/mol. The Balaban J connectivity index is 0. The number of carbonyl (C=O) groups excluding carboxylic acids is 1. The quantitative estimate of drug-likeness (QED) is 0.347. The maximum absolute atomic E-state index is 11.3. The number of rotatable bonds is 6. The van der Waals surface area contributed by atoms with E-state index >= 15 is 0 Å². The molecule has 0 unspecified atom stereocenters. The minimum absolute atomic E-state index is 0. The Kier molecular flexibility index (Phi) is 12.8. The third-order valence-electron chi connectivity index (χ3n) is 1.02. The molecule has 0 heterocycles. The molecule has 0 saturated carbocycles. The Morgan fingerprint density at radius 1 is 1.42 bits per heavy atom. The number of hydrogen-bond acceptors (Lipinski definition) is 3. The van der Waals surface area contributed by atoms with Gasteiger partial charge in [-0.05, 0) is 19.3 Å². The fourth-order valence-electron chi connectivity index (χ4n) is 0.544. The Bertz CT molecular complexity index is 121. The number of hydrogen-bond donors (Lipinski definition) is 0. The first-order valence-corrected chi connectivity index (χ1v) is 3.22. The summed E-state index contributed by atoms with van der Waals surface area (Å²) in [7, 11) is 0. The summed E-state index contributed by atoms with van der Waals surface area (Å²) >= 11 is 0. The van der Waals surface area contributed by atoms with E-state index in [1.165, 1.54) is 0 Å². The summed E-state index contributed by atoms with van der Waals surface area (Å²) < 4.78 is 26.4. The fraction of sp³-hybridized carbons (Fsp3) is 0.833. The molecule has 6 heteroatoms. The van der Waals surface area contributed by atoms with Gasteiger partial charge in [0.15, 0.2) is 0 Å². The number of carboxylic acid groups (broad SMARTS) is 1. The summed E-state index contributed by atoms with van der Waals surface area (Å²) in [5, 5.41) is 9.80. The van der Waals surface area contributed by atoms with Crippen LogP contribution in [0.3, 0.4) is 0 Å². The van der Waals surface area contributed by atoms with Gasteiger partial charge in [0.25, 0.3) is 0 Å². The second kappa shape index (κ2) is 10.0. The van der Waals surface area contributed by atoms with E-state index in [-0.39, 0.29) is 64.4 Å². The van der Waals surface area contributed by atoms with E-state index in [1.807, 2.05) is 0 Å². The maximum atomic E-state index is 11.3. The summed E-state index contributed by atoms with van der Waals surface area (Å²) in [6.07, 6.45) is 0.528. The second-order valence-electron chi connectivity index (χ2n) is 1.96. The average Bonchev–Trinajstić information content (AvgIpc) is 1.85. The van der Waals surface area contributed by atoms with Crippen LogP contribution in [-0.2, 0) is 9.53 Å². The minimum atomic E-state index is -2.77. The van der Waals surface area contributed by atoms with Gasteiger partial charge >= 0.3 is 58.0 Å². The molecule has 0 aromatic heterocycles. The molecule has 12 heavy (non-hydrogen) atoms. The van der Waals surface area contributed by atoms with Crippen molar-refractivity contribution in [2.45, 2.75) is 25.9 Å². The first-order chi connectivity index (χ1) is 5.13. The molecule has 0 saturated heterocycles. The van der Waals surface area contributed by atoms with Crippen molar-refractivity contribution < 1.29 is 74.8 Å². The largest absolute Gasteiger partial charge is 1.00 e. The molecule has 0 rings (SSSR count). The minimum Gasteiger partial charge on any atom is -0.550 e. The molecule has 0 fully saturated rings. The van der Waals surface area contributed by atoms with Gasteiger partial charge in [0.05, 0.1) is 6.61 Å². The van der Waals surface area contributed by atoms with Crippen molar-refractivity contribution in [2.24, 2.45) is 0 Å². The summed E-state index contributed by atoms with van der Waals surface area (Å²) in [5.41, 5.74) is 0. The number of alkyl halides is 2. The first kappa shape index (κ1) is 15.4. The number of carboxylic acids is 1. The number of carbonyl (C=O) groups is 1. The number of aliphatic carboxylic acids is 1. The molecule has 0 aliphatic heterocycles. The van der Waals surface area contributed by atoms with Crippen LogP contribution in [0, 0.1) is 0 Å². The zero-order valence-corrected chi connectivity index (χ0v) is 10.0. The SMILES string of the molecule is O=C([O-])CCCCOC(F)F.[K+]. The van der Waals surface area contributed by atoms with E-state index in [0.29, 0.717) is 12.8 Å².